The van der Waals surface area contributed by atoms with Crippen LogP contribution in [0.15, 0.2) is 53.2 Å². The van der Waals surface area contributed by atoms with Crippen LogP contribution in [0, 0.1) is 0 Å². The molecule has 0 radical (unpaired) electrons. The van der Waals surface area contributed by atoms with E-state index < -0.39 is 38.8 Å². The van der Waals surface area contributed by atoms with E-state index in [2.05, 4.69) is 4.98 Å². The van der Waals surface area contributed by atoms with E-state index in [4.69, 9.17) is 27.6 Å². The second kappa shape index (κ2) is 12.4. The van der Waals surface area contributed by atoms with Crippen molar-refractivity contribution in [3.63, 3.8) is 0 Å². The molecule has 11 nitrogen and oxygen atoms in total. The van der Waals surface area contributed by atoms with E-state index in [0.717, 1.165) is 0 Å². The first-order valence-corrected chi connectivity index (χ1v) is 15.1. The zero-order valence-electron chi connectivity index (χ0n) is 19.6. The Morgan fingerprint density at radius 2 is 1.08 bits per heavy atom. The third-order valence-electron chi connectivity index (χ3n) is 4.77. The molecule has 0 N–H and O–H groups in total. The van der Waals surface area contributed by atoms with Gasteiger partial charge in [-0.3, -0.25) is 9.13 Å². The van der Waals surface area contributed by atoms with Crippen LogP contribution in [0.25, 0.3) is 0 Å². The maximum Gasteiger partial charge on any atom is 0.375 e. The highest BCUT2D eigenvalue weighted by atomic mass is 32.1. The fourth-order valence-electron chi connectivity index (χ4n) is 2.94. The lowest BCUT2D eigenvalue weighted by molar-refractivity contribution is 0.0369. The minimum atomic E-state index is -3.87. The lowest BCUT2D eigenvalue weighted by Gasteiger charge is -2.23. The summed E-state index contributed by atoms with van der Waals surface area (Å²) >= 11 is 2.39. The van der Waals surface area contributed by atoms with Crippen LogP contribution in [0.1, 0.15) is 42.4 Å². The van der Waals surface area contributed by atoms with Crippen LogP contribution < -0.4 is 0 Å². The van der Waals surface area contributed by atoms with E-state index >= 15 is 0 Å². The molecule has 0 aromatic carbocycles. The average molecular weight is 575 g/mol. The van der Waals surface area contributed by atoms with Gasteiger partial charge < -0.3 is 27.6 Å². The van der Waals surface area contributed by atoms with Gasteiger partial charge in [0.1, 0.15) is 11.4 Å². The van der Waals surface area contributed by atoms with Gasteiger partial charge >= 0.3 is 27.1 Å². The first-order chi connectivity index (χ1) is 17.2. The van der Waals surface area contributed by atoms with Gasteiger partial charge in [0, 0.05) is 28.4 Å². The quantitative estimate of drug-likeness (QED) is 0.189. The monoisotopic (exact) mass is 575 g/mol. The van der Waals surface area contributed by atoms with Gasteiger partial charge in [-0.2, -0.15) is 0 Å². The minimum absolute atomic E-state index is 0.265. The second-order valence-corrected chi connectivity index (χ2v) is 13.3. The van der Waals surface area contributed by atoms with Crippen molar-refractivity contribution < 1.29 is 46.3 Å². The van der Waals surface area contributed by atoms with Crippen molar-refractivity contribution in [3.05, 3.63) is 74.4 Å². The molecule has 3 aromatic heterocycles. The maximum atomic E-state index is 13.0. The number of hydrogen-bond donors (Lipinski definition) is 0. The Morgan fingerprint density at radius 3 is 1.39 bits per heavy atom. The smallest absolute Gasteiger partial charge is 0.375 e. The fraction of sp³-hybridized carbons (Fsp3) is 0.286. The van der Waals surface area contributed by atoms with Crippen molar-refractivity contribution in [2.75, 3.05) is 28.4 Å². The summed E-state index contributed by atoms with van der Waals surface area (Å²) in [5.74, 6) is -4.66. The molecule has 3 aromatic rings. The van der Waals surface area contributed by atoms with Gasteiger partial charge in [-0.25, -0.2) is 14.6 Å². The number of thiophene rings is 2. The summed E-state index contributed by atoms with van der Waals surface area (Å²) < 4.78 is 57.0. The van der Waals surface area contributed by atoms with Crippen LogP contribution in [0.5, 0.6) is 0 Å². The Bertz CT molecular complexity index is 1160. The molecule has 0 aliphatic carbocycles. The number of carbonyl (C=O) groups excluding carboxylic acids is 2. The summed E-state index contributed by atoms with van der Waals surface area (Å²) in [4.78, 5) is 30.7. The molecule has 36 heavy (non-hydrogen) atoms. The van der Waals surface area contributed by atoms with Gasteiger partial charge in [0.25, 0.3) is 0 Å². The Morgan fingerprint density at radius 1 is 0.694 bits per heavy atom. The van der Waals surface area contributed by atoms with E-state index in [1.54, 1.807) is 35.0 Å². The molecule has 0 aliphatic heterocycles. The number of nitrogens with zero attached hydrogens (tertiary/aromatic N) is 1. The van der Waals surface area contributed by atoms with Crippen LogP contribution in [0.3, 0.4) is 0 Å². The molecule has 194 valence electrons. The van der Waals surface area contributed by atoms with Gasteiger partial charge in [-0.05, 0) is 35.0 Å². The lowest BCUT2D eigenvalue weighted by atomic mass is 10.3. The van der Waals surface area contributed by atoms with E-state index in [1.807, 2.05) is 0 Å². The molecule has 0 spiro atoms. The van der Waals surface area contributed by atoms with E-state index in [0.29, 0.717) is 9.75 Å². The molecule has 0 aliphatic rings. The molecule has 0 saturated heterocycles. The van der Waals surface area contributed by atoms with Crippen molar-refractivity contribution in [2.24, 2.45) is 0 Å². The number of ether oxygens (including phenoxy) is 2. The average Bonchev–Trinajstić information content (AvgIpc) is 3.64. The van der Waals surface area contributed by atoms with E-state index in [1.165, 1.54) is 69.3 Å². The Labute approximate surface area is 215 Å². The largest absolute Gasteiger partial charge is 0.439 e. The van der Waals surface area contributed by atoms with Crippen molar-refractivity contribution in [2.45, 2.75) is 11.7 Å². The molecule has 3 rings (SSSR count). The molecular formula is C21H23NO10P2S2. The van der Waals surface area contributed by atoms with E-state index in [9.17, 15) is 18.7 Å². The molecule has 0 saturated carbocycles. The zero-order chi connectivity index (χ0) is 26.3. The van der Waals surface area contributed by atoms with Crippen LogP contribution >= 0.6 is 37.9 Å². The third-order valence-corrected chi connectivity index (χ3v) is 10.9. The number of aromatic nitrogens is 1. The van der Waals surface area contributed by atoms with E-state index in [-0.39, 0.29) is 11.4 Å². The minimum Gasteiger partial charge on any atom is -0.439 e. The Balaban J connectivity index is 1.86. The van der Waals surface area contributed by atoms with Crippen molar-refractivity contribution >= 4 is 49.8 Å². The molecule has 0 amide bonds. The number of esters is 2. The predicted molar refractivity (Wildman–Crippen MR) is 132 cm³/mol. The number of rotatable bonds is 12. The third kappa shape index (κ3) is 6.19. The first kappa shape index (κ1) is 28.4. The highest BCUT2D eigenvalue weighted by Crippen LogP contribution is 2.62. The van der Waals surface area contributed by atoms with Gasteiger partial charge in [0.2, 0.25) is 11.7 Å². The molecule has 0 fully saturated rings. The number of carbonyl (C=O) groups is 2. The van der Waals surface area contributed by atoms with Crippen molar-refractivity contribution in [1.29, 1.82) is 0 Å². The molecule has 2 atom stereocenters. The normalized spacial score (nSPS) is 13.7. The highest BCUT2D eigenvalue weighted by molar-refractivity contribution is 7.54. The Hall–Kier alpha value is -2.21. The predicted octanol–water partition coefficient (Wildman–Crippen LogP) is 5.89. The van der Waals surface area contributed by atoms with Crippen LogP contribution in [-0.4, -0.2) is 45.4 Å². The van der Waals surface area contributed by atoms with Crippen molar-refractivity contribution in [1.82, 2.24) is 4.98 Å². The molecule has 0 bridgehead atoms. The van der Waals surface area contributed by atoms with Gasteiger partial charge in [0.15, 0.2) is 0 Å². The molecule has 15 heteroatoms. The first-order valence-electron chi connectivity index (χ1n) is 10.1. The standard InChI is InChI=1S/C21H23NO10P2S2/c1-27-33(25,28-2)20(16-10-6-12-35-16)31-18(23)14-8-5-9-15(22-14)19(24)32-21(17-11-7-13-36-17)34(26,29-3)30-4/h5-13,20-21H,1-4H3. The van der Waals surface area contributed by atoms with Crippen LogP contribution in [0.2, 0.25) is 0 Å². The van der Waals surface area contributed by atoms with Gasteiger partial charge in [0.05, 0.1) is 9.75 Å². The Kier molecular flexibility index (Phi) is 9.73. The second-order valence-electron chi connectivity index (χ2n) is 6.76. The summed E-state index contributed by atoms with van der Waals surface area (Å²) in [6, 6.07) is 10.6. The molecule has 2 unspecified atom stereocenters. The summed E-state index contributed by atoms with van der Waals surface area (Å²) in [7, 11) is -3.03. The zero-order valence-corrected chi connectivity index (χ0v) is 23.0. The summed E-state index contributed by atoms with van der Waals surface area (Å²) in [5, 5.41) is 3.42. The van der Waals surface area contributed by atoms with Gasteiger partial charge in [-0.1, -0.05) is 18.2 Å². The fourth-order valence-corrected chi connectivity index (χ4v) is 7.66. The lowest BCUT2D eigenvalue weighted by Crippen LogP contribution is -2.17. The topological polar surface area (TPSA) is 137 Å². The van der Waals surface area contributed by atoms with Crippen LogP contribution in [-0.2, 0) is 36.7 Å². The molecular weight excluding hydrogens is 552 g/mol. The number of pyridine rings is 1. The van der Waals surface area contributed by atoms with Crippen molar-refractivity contribution in [3.8, 4) is 0 Å². The summed E-state index contributed by atoms with van der Waals surface area (Å²) in [5.41, 5.74) is -0.529. The van der Waals surface area contributed by atoms with Crippen LogP contribution in [0.4, 0.5) is 0 Å². The molecule has 3 heterocycles. The maximum absolute atomic E-state index is 13.0. The number of hydrogen-bond acceptors (Lipinski definition) is 13. The van der Waals surface area contributed by atoms with Gasteiger partial charge in [-0.15, -0.1) is 22.7 Å². The summed E-state index contributed by atoms with van der Waals surface area (Å²) in [6.45, 7) is 0. The highest BCUT2D eigenvalue weighted by Gasteiger charge is 2.41. The SMILES string of the molecule is COP(=O)(OC)C(OC(=O)c1cccc(C(=O)OC(c2cccs2)P(=O)(OC)OC)n1)c1cccs1. The summed E-state index contributed by atoms with van der Waals surface area (Å²) in [6.07, 6.45) is 0.